The number of nitrogens with zero attached hydrogens (tertiary/aromatic N) is 4. The van der Waals surface area contributed by atoms with Crippen LogP contribution in [-0.2, 0) is 11.3 Å². The molecule has 2 heterocycles. The minimum absolute atomic E-state index is 0.114. The van der Waals surface area contributed by atoms with Crippen LogP contribution in [-0.4, -0.2) is 64.6 Å². The Kier molecular flexibility index (Phi) is 10.6. The van der Waals surface area contributed by atoms with Crippen molar-refractivity contribution < 1.29 is 32.2 Å². The summed E-state index contributed by atoms with van der Waals surface area (Å²) in [4.78, 5) is 29.6. The van der Waals surface area contributed by atoms with Crippen LogP contribution in [0.3, 0.4) is 0 Å². The molecule has 1 amide bonds. The Labute approximate surface area is 295 Å². The predicted octanol–water partition coefficient (Wildman–Crippen LogP) is 6.81. The largest absolute Gasteiger partial charge is 0.573 e. The molecule has 1 aliphatic rings. The van der Waals surface area contributed by atoms with E-state index in [9.17, 15) is 22.8 Å². The molecule has 2 atom stereocenters. The second-order valence-corrected chi connectivity index (χ2v) is 17.2. The first-order valence-electron chi connectivity index (χ1n) is 16.7. The van der Waals surface area contributed by atoms with Crippen LogP contribution in [0.5, 0.6) is 5.75 Å². The average molecular weight is 713 g/mol. The van der Waals surface area contributed by atoms with Crippen LogP contribution >= 0.6 is 0 Å². The molecule has 0 saturated carbocycles. The fourth-order valence-corrected chi connectivity index (χ4v) is 10.6. The lowest BCUT2D eigenvalue weighted by Crippen LogP contribution is -2.65. The molecule has 0 spiro atoms. The van der Waals surface area contributed by atoms with Crippen molar-refractivity contribution in [1.29, 1.82) is 0 Å². The average Bonchev–Trinajstić information content (AvgIpc) is 3.63. The second-order valence-electron chi connectivity index (χ2n) is 13.3. The highest BCUT2D eigenvalue weighted by Crippen LogP contribution is 2.42. The van der Waals surface area contributed by atoms with Crippen LogP contribution in [0.15, 0.2) is 134 Å². The fourth-order valence-electron chi connectivity index (χ4n) is 6.75. The second kappa shape index (κ2) is 15.1. The van der Waals surface area contributed by atoms with Crippen molar-refractivity contribution in [2.45, 2.75) is 44.3 Å². The number of hydrogen-bond acceptors (Lipinski definition) is 6. The summed E-state index contributed by atoms with van der Waals surface area (Å²) in [5.74, 6) is -0.478. The van der Waals surface area contributed by atoms with Gasteiger partial charge in [-0.3, -0.25) is 0 Å². The van der Waals surface area contributed by atoms with E-state index in [-0.39, 0.29) is 18.3 Å². The zero-order chi connectivity index (χ0) is 36.1. The number of halogens is 3. The Balaban J connectivity index is 1.25. The molecule has 0 bridgehead atoms. The molecule has 0 aliphatic carbocycles. The fraction of sp³-hybridized carbons (Fsp3) is 0.256. The summed E-state index contributed by atoms with van der Waals surface area (Å²) in [7, 11) is -3.32. The van der Waals surface area contributed by atoms with Crippen molar-refractivity contribution >= 4 is 24.7 Å². The van der Waals surface area contributed by atoms with Gasteiger partial charge in [-0.1, -0.05) is 122 Å². The van der Waals surface area contributed by atoms with Crippen LogP contribution in [0.1, 0.15) is 25.8 Å². The molecule has 6 rings (SSSR count). The Bertz CT molecular complexity index is 1880. The molecule has 51 heavy (non-hydrogen) atoms. The van der Waals surface area contributed by atoms with Gasteiger partial charge in [0.05, 0.1) is 25.5 Å². The SMILES string of the molecule is CC(C)(C[C@@H]1C=C[C@H](COCc2ccccc2)N(C(=O)n2ncc(-c3ccc(OC(F)(F)F)cc3)n2)C1)[Si](O)(c1ccccc1)c1ccccc1. The summed E-state index contributed by atoms with van der Waals surface area (Å²) in [6.07, 6.45) is 1.26. The molecule has 1 aromatic heterocycles. The number of aromatic nitrogens is 3. The number of benzene rings is 4. The molecule has 0 radical (unpaired) electrons. The van der Waals surface area contributed by atoms with Crippen molar-refractivity contribution in [2.75, 3.05) is 13.2 Å². The third-order valence-corrected chi connectivity index (χ3v) is 13.8. The molecule has 0 unspecified atom stereocenters. The number of carbonyl (C=O) groups is 1. The van der Waals surface area contributed by atoms with Gasteiger partial charge >= 0.3 is 12.4 Å². The van der Waals surface area contributed by atoms with Crippen molar-refractivity contribution in [3.63, 3.8) is 0 Å². The van der Waals surface area contributed by atoms with Crippen LogP contribution in [0.2, 0.25) is 5.04 Å². The number of ether oxygens (including phenoxy) is 2. The van der Waals surface area contributed by atoms with E-state index in [0.29, 0.717) is 30.8 Å². The summed E-state index contributed by atoms with van der Waals surface area (Å²) in [6, 6.07) is 33.7. The third kappa shape index (κ3) is 8.30. The molecule has 8 nitrogen and oxygen atoms in total. The van der Waals surface area contributed by atoms with E-state index in [1.54, 1.807) is 4.90 Å². The topological polar surface area (TPSA) is 89.7 Å². The van der Waals surface area contributed by atoms with Gasteiger partial charge in [0, 0.05) is 12.1 Å². The summed E-state index contributed by atoms with van der Waals surface area (Å²) in [5.41, 5.74) is 1.78. The Morgan fingerprint density at radius 3 is 2.04 bits per heavy atom. The zero-order valence-electron chi connectivity index (χ0n) is 28.3. The summed E-state index contributed by atoms with van der Waals surface area (Å²) >= 11 is 0. The smallest absolute Gasteiger partial charge is 0.424 e. The van der Waals surface area contributed by atoms with Crippen LogP contribution in [0.25, 0.3) is 11.3 Å². The van der Waals surface area contributed by atoms with Gasteiger partial charge in [-0.2, -0.15) is 5.10 Å². The summed E-state index contributed by atoms with van der Waals surface area (Å²) in [6.45, 7) is 5.12. The maximum Gasteiger partial charge on any atom is 0.573 e. The molecule has 12 heteroatoms. The first kappa shape index (κ1) is 35.8. The van der Waals surface area contributed by atoms with Crippen molar-refractivity contribution in [2.24, 2.45) is 5.92 Å². The van der Waals surface area contributed by atoms with Gasteiger partial charge in [-0.05, 0) is 57.6 Å². The maximum atomic E-state index is 14.1. The standard InChI is InChI=1S/C39H39F3N4O4Si/c1-38(2,51(48,34-14-8-4-9-15-34)35-16-10-5-11-17-35)24-30-18-21-32(28-49-27-29-12-6-3-7-13-29)45(26-30)37(47)46-43-25-36(44-46)31-19-22-33(23-20-31)50-39(40,41)42/h3-23,25,30,32,48H,24,26-28H2,1-2H3/t30-,32+/m0/s1. The molecule has 264 valence electrons. The number of rotatable bonds is 11. The quantitative estimate of drug-likeness (QED) is 0.120. The van der Waals surface area contributed by atoms with Crippen molar-refractivity contribution in [3.05, 3.63) is 139 Å². The molecule has 0 saturated heterocycles. The number of alkyl halides is 3. The minimum atomic E-state index is -4.81. The lowest BCUT2D eigenvalue weighted by Gasteiger charge is -2.44. The van der Waals surface area contributed by atoms with E-state index in [1.807, 2.05) is 97.1 Å². The van der Waals surface area contributed by atoms with Crippen molar-refractivity contribution in [1.82, 2.24) is 19.9 Å². The normalized spacial score (nSPS) is 16.6. The van der Waals surface area contributed by atoms with Gasteiger partial charge in [0.1, 0.15) is 11.4 Å². The van der Waals surface area contributed by atoms with Gasteiger partial charge in [0.2, 0.25) is 0 Å². The highest BCUT2D eigenvalue weighted by Gasteiger charge is 2.51. The van der Waals surface area contributed by atoms with E-state index in [1.165, 1.54) is 30.5 Å². The molecule has 1 N–H and O–H groups in total. The first-order chi connectivity index (χ1) is 24.4. The van der Waals surface area contributed by atoms with E-state index in [2.05, 4.69) is 34.9 Å². The predicted molar refractivity (Wildman–Crippen MR) is 191 cm³/mol. The van der Waals surface area contributed by atoms with E-state index >= 15 is 0 Å². The maximum absolute atomic E-state index is 14.1. The molecular weight excluding hydrogens is 674 g/mol. The van der Waals surface area contributed by atoms with Gasteiger partial charge in [0.25, 0.3) is 8.32 Å². The summed E-state index contributed by atoms with van der Waals surface area (Å²) in [5, 5.41) is 9.89. The molecule has 4 aromatic carbocycles. The molecule has 1 aliphatic heterocycles. The van der Waals surface area contributed by atoms with E-state index in [0.717, 1.165) is 20.7 Å². The minimum Gasteiger partial charge on any atom is -0.424 e. The zero-order valence-corrected chi connectivity index (χ0v) is 29.3. The monoisotopic (exact) mass is 712 g/mol. The Hall–Kier alpha value is -5.04. The first-order valence-corrected chi connectivity index (χ1v) is 18.6. The van der Waals surface area contributed by atoms with Crippen molar-refractivity contribution in [3.8, 4) is 17.0 Å². The van der Waals surface area contributed by atoms with Crippen LogP contribution < -0.4 is 15.1 Å². The van der Waals surface area contributed by atoms with Crippen LogP contribution in [0, 0.1) is 5.92 Å². The van der Waals surface area contributed by atoms with Gasteiger partial charge < -0.3 is 19.2 Å². The van der Waals surface area contributed by atoms with Gasteiger partial charge in [0.15, 0.2) is 0 Å². The third-order valence-electron chi connectivity index (χ3n) is 9.26. The summed E-state index contributed by atoms with van der Waals surface area (Å²) < 4.78 is 48.0. The molecule has 5 aromatic rings. The lowest BCUT2D eigenvalue weighted by molar-refractivity contribution is -0.274. The van der Waals surface area contributed by atoms with E-state index in [4.69, 9.17) is 4.74 Å². The Morgan fingerprint density at radius 1 is 0.863 bits per heavy atom. The number of amides is 1. The number of carbonyl (C=O) groups excluding carboxylic acids is 1. The molecule has 0 fully saturated rings. The highest BCUT2D eigenvalue weighted by atomic mass is 28.4. The Morgan fingerprint density at radius 2 is 1.45 bits per heavy atom. The molecular formula is C39H39F3N4O4Si. The van der Waals surface area contributed by atoms with E-state index < -0.39 is 31.8 Å². The van der Waals surface area contributed by atoms with Crippen LogP contribution in [0.4, 0.5) is 18.0 Å². The highest BCUT2D eigenvalue weighted by molar-refractivity contribution is 6.98. The number of hydrogen-bond donors (Lipinski definition) is 1. The van der Waals surface area contributed by atoms with Gasteiger partial charge in [-0.15, -0.1) is 18.3 Å². The van der Waals surface area contributed by atoms with Gasteiger partial charge in [-0.25, -0.2) is 4.79 Å². The lowest BCUT2D eigenvalue weighted by atomic mass is 9.91.